The standard InChI is InChI=1S/C26H26BrCl2N3O4S/c1-3-30-26(34)18(2)31(16-19-8-7-9-20(27)12-19)25(33)17-32(23-14-21(28)13-22(29)15-23)37(35,36)24-10-5-4-6-11-24/h4-15,18H,3,16-17H2,1-2H3,(H,30,34)/t18-/m1/s1. The summed E-state index contributed by atoms with van der Waals surface area (Å²) in [6.07, 6.45) is 0. The lowest BCUT2D eigenvalue weighted by atomic mass is 10.1. The molecule has 0 fully saturated rings. The molecular formula is C26H26BrCl2N3O4S. The molecule has 1 N–H and O–H groups in total. The molecule has 37 heavy (non-hydrogen) atoms. The van der Waals surface area contributed by atoms with E-state index in [1.165, 1.54) is 35.2 Å². The van der Waals surface area contributed by atoms with Gasteiger partial charge in [-0.3, -0.25) is 13.9 Å². The molecule has 0 aliphatic rings. The lowest BCUT2D eigenvalue weighted by molar-refractivity contribution is -0.139. The Morgan fingerprint density at radius 3 is 2.22 bits per heavy atom. The summed E-state index contributed by atoms with van der Waals surface area (Å²) in [6, 6.07) is 18.5. The SMILES string of the molecule is CCNC(=O)[C@@H](C)N(Cc1cccc(Br)c1)C(=O)CN(c1cc(Cl)cc(Cl)c1)S(=O)(=O)c1ccccc1. The van der Waals surface area contributed by atoms with Crippen LogP contribution in [0.15, 0.2) is 82.2 Å². The molecule has 1 atom stereocenters. The van der Waals surface area contributed by atoms with E-state index >= 15 is 0 Å². The Kier molecular flexibility index (Phi) is 10.0. The Labute approximate surface area is 235 Å². The van der Waals surface area contributed by atoms with Crippen LogP contribution in [0.2, 0.25) is 10.0 Å². The molecule has 11 heteroatoms. The monoisotopic (exact) mass is 625 g/mol. The molecule has 0 heterocycles. The van der Waals surface area contributed by atoms with Crippen molar-refractivity contribution in [1.82, 2.24) is 10.2 Å². The first-order valence-corrected chi connectivity index (χ1v) is 14.4. The number of benzene rings is 3. The predicted octanol–water partition coefficient (Wildman–Crippen LogP) is 5.50. The van der Waals surface area contributed by atoms with Crippen LogP contribution in [0.3, 0.4) is 0 Å². The fourth-order valence-electron chi connectivity index (χ4n) is 3.67. The van der Waals surface area contributed by atoms with Crippen LogP contribution in [-0.2, 0) is 26.2 Å². The number of carbonyl (C=O) groups excluding carboxylic acids is 2. The van der Waals surface area contributed by atoms with Crippen molar-refractivity contribution in [2.24, 2.45) is 0 Å². The van der Waals surface area contributed by atoms with E-state index in [-0.39, 0.29) is 33.1 Å². The third-order valence-electron chi connectivity index (χ3n) is 5.51. The van der Waals surface area contributed by atoms with Gasteiger partial charge in [-0.1, -0.05) is 69.5 Å². The summed E-state index contributed by atoms with van der Waals surface area (Å²) in [5.41, 5.74) is 0.893. The first-order valence-electron chi connectivity index (χ1n) is 11.4. The average Bonchev–Trinajstić information content (AvgIpc) is 2.85. The summed E-state index contributed by atoms with van der Waals surface area (Å²) in [5, 5.41) is 3.15. The van der Waals surface area contributed by atoms with E-state index in [1.807, 2.05) is 24.3 Å². The van der Waals surface area contributed by atoms with Gasteiger partial charge in [0.25, 0.3) is 10.0 Å². The molecule has 3 aromatic rings. The minimum absolute atomic E-state index is 0.00536. The maximum Gasteiger partial charge on any atom is 0.264 e. The first kappa shape index (κ1) is 29.0. The second kappa shape index (κ2) is 12.8. The van der Waals surface area contributed by atoms with Crippen LogP contribution in [-0.4, -0.2) is 44.3 Å². The van der Waals surface area contributed by atoms with Crippen LogP contribution in [0.5, 0.6) is 0 Å². The maximum atomic E-state index is 13.8. The highest BCUT2D eigenvalue weighted by atomic mass is 79.9. The van der Waals surface area contributed by atoms with Gasteiger partial charge in [0, 0.05) is 27.6 Å². The predicted molar refractivity (Wildman–Crippen MR) is 150 cm³/mol. The Bertz CT molecular complexity index is 1350. The van der Waals surface area contributed by atoms with Crippen molar-refractivity contribution in [3.05, 3.63) is 92.9 Å². The topological polar surface area (TPSA) is 86.8 Å². The average molecular weight is 627 g/mol. The minimum atomic E-state index is -4.19. The molecule has 0 bridgehead atoms. The molecule has 3 aromatic carbocycles. The van der Waals surface area contributed by atoms with Gasteiger partial charge in [0.15, 0.2) is 0 Å². The van der Waals surface area contributed by atoms with E-state index in [4.69, 9.17) is 23.2 Å². The smallest absolute Gasteiger partial charge is 0.264 e. The number of nitrogens with zero attached hydrogens (tertiary/aromatic N) is 2. The van der Waals surface area contributed by atoms with Crippen molar-refractivity contribution in [3.63, 3.8) is 0 Å². The second-order valence-corrected chi connectivity index (χ2v) is 11.8. The molecule has 0 saturated carbocycles. The van der Waals surface area contributed by atoms with Crippen LogP contribution >= 0.6 is 39.1 Å². The normalized spacial score (nSPS) is 12.0. The van der Waals surface area contributed by atoms with Crippen molar-refractivity contribution in [3.8, 4) is 0 Å². The molecule has 196 valence electrons. The quantitative estimate of drug-likeness (QED) is 0.322. The molecule has 3 rings (SSSR count). The molecule has 0 unspecified atom stereocenters. The second-order valence-electron chi connectivity index (χ2n) is 8.17. The zero-order valence-corrected chi connectivity index (χ0v) is 24.1. The molecule has 0 aliphatic carbocycles. The zero-order chi connectivity index (χ0) is 27.2. The largest absolute Gasteiger partial charge is 0.355 e. The molecule has 2 amide bonds. The Morgan fingerprint density at radius 1 is 0.973 bits per heavy atom. The molecule has 7 nitrogen and oxygen atoms in total. The fraction of sp³-hybridized carbons (Fsp3) is 0.231. The van der Waals surface area contributed by atoms with Gasteiger partial charge in [-0.2, -0.15) is 0 Å². The molecule has 0 aromatic heterocycles. The van der Waals surface area contributed by atoms with Gasteiger partial charge < -0.3 is 10.2 Å². The van der Waals surface area contributed by atoms with Gasteiger partial charge in [-0.05, 0) is 61.9 Å². The number of hydrogen-bond acceptors (Lipinski definition) is 4. The van der Waals surface area contributed by atoms with Crippen molar-refractivity contribution >= 4 is 66.7 Å². The van der Waals surface area contributed by atoms with Gasteiger partial charge in [0.2, 0.25) is 11.8 Å². The Hall–Kier alpha value is -2.59. The maximum absolute atomic E-state index is 13.8. The first-order chi connectivity index (χ1) is 17.5. The van der Waals surface area contributed by atoms with Gasteiger partial charge in [0.05, 0.1) is 10.6 Å². The number of sulfonamides is 1. The number of carbonyl (C=O) groups is 2. The summed E-state index contributed by atoms with van der Waals surface area (Å²) in [4.78, 5) is 27.9. The molecule has 0 aliphatic heterocycles. The van der Waals surface area contributed by atoms with Crippen LogP contribution in [0.4, 0.5) is 5.69 Å². The van der Waals surface area contributed by atoms with Crippen LogP contribution in [0.1, 0.15) is 19.4 Å². The number of halogens is 3. The third-order valence-corrected chi connectivity index (χ3v) is 8.22. The zero-order valence-electron chi connectivity index (χ0n) is 20.2. The van der Waals surface area contributed by atoms with E-state index in [9.17, 15) is 18.0 Å². The van der Waals surface area contributed by atoms with E-state index in [1.54, 1.807) is 32.0 Å². The summed E-state index contributed by atoms with van der Waals surface area (Å²) >= 11 is 15.8. The summed E-state index contributed by atoms with van der Waals surface area (Å²) < 4.78 is 29.2. The highest BCUT2D eigenvalue weighted by molar-refractivity contribution is 9.10. The molecule has 0 spiro atoms. The lowest BCUT2D eigenvalue weighted by Gasteiger charge is -2.32. The van der Waals surface area contributed by atoms with Crippen molar-refractivity contribution < 1.29 is 18.0 Å². The fourth-order valence-corrected chi connectivity index (χ4v) is 6.05. The number of amides is 2. The van der Waals surface area contributed by atoms with Gasteiger partial charge >= 0.3 is 0 Å². The molecule has 0 saturated heterocycles. The summed E-state index contributed by atoms with van der Waals surface area (Å²) in [6.45, 7) is 3.28. The highest BCUT2D eigenvalue weighted by Crippen LogP contribution is 2.30. The van der Waals surface area contributed by atoms with Crippen LogP contribution in [0, 0.1) is 0 Å². The van der Waals surface area contributed by atoms with E-state index in [0.29, 0.717) is 6.54 Å². The van der Waals surface area contributed by atoms with Gasteiger partial charge in [-0.15, -0.1) is 0 Å². The molecule has 0 radical (unpaired) electrons. The van der Waals surface area contributed by atoms with Gasteiger partial charge in [0.1, 0.15) is 12.6 Å². The van der Waals surface area contributed by atoms with E-state index in [0.717, 1.165) is 14.3 Å². The number of anilines is 1. The number of rotatable bonds is 10. The van der Waals surface area contributed by atoms with Gasteiger partial charge in [-0.25, -0.2) is 8.42 Å². The number of likely N-dealkylation sites (N-methyl/N-ethyl adjacent to an activating group) is 1. The van der Waals surface area contributed by atoms with Crippen molar-refractivity contribution in [1.29, 1.82) is 0 Å². The lowest BCUT2D eigenvalue weighted by Crippen LogP contribution is -2.51. The van der Waals surface area contributed by atoms with Crippen molar-refractivity contribution in [2.45, 2.75) is 31.3 Å². The minimum Gasteiger partial charge on any atom is -0.355 e. The van der Waals surface area contributed by atoms with E-state index < -0.39 is 28.5 Å². The van der Waals surface area contributed by atoms with Crippen molar-refractivity contribution in [2.75, 3.05) is 17.4 Å². The molecular weight excluding hydrogens is 601 g/mol. The Morgan fingerprint density at radius 2 is 1.62 bits per heavy atom. The summed E-state index contributed by atoms with van der Waals surface area (Å²) in [7, 11) is -4.19. The number of hydrogen-bond donors (Lipinski definition) is 1. The Balaban J connectivity index is 2.05. The van der Waals surface area contributed by atoms with E-state index in [2.05, 4.69) is 21.2 Å². The summed E-state index contributed by atoms with van der Waals surface area (Å²) in [5.74, 6) is -0.927. The third kappa shape index (κ3) is 7.47. The van der Waals surface area contributed by atoms with Crippen LogP contribution < -0.4 is 9.62 Å². The van der Waals surface area contributed by atoms with Crippen LogP contribution in [0.25, 0.3) is 0 Å². The number of nitrogens with one attached hydrogen (secondary N) is 1. The highest BCUT2D eigenvalue weighted by Gasteiger charge is 2.32.